The molecule has 1 atom stereocenters. The predicted octanol–water partition coefficient (Wildman–Crippen LogP) is 1.94. The van der Waals surface area contributed by atoms with Crippen LogP contribution in [0.25, 0.3) is 0 Å². The Morgan fingerprint density at radius 1 is 1.39 bits per heavy atom. The summed E-state index contributed by atoms with van der Waals surface area (Å²) in [5, 5.41) is 5.52. The summed E-state index contributed by atoms with van der Waals surface area (Å²) in [6.07, 6.45) is 1.79. The van der Waals surface area contributed by atoms with Gasteiger partial charge in [-0.3, -0.25) is 0 Å². The quantitative estimate of drug-likeness (QED) is 0.676. The Morgan fingerprint density at radius 3 is 2.61 bits per heavy atom. The fraction of sp³-hybridized carbons (Fsp3) is 0.462. The van der Waals surface area contributed by atoms with Gasteiger partial charge in [-0.2, -0.15) is 0 Å². The van der Waals surface area contributed by atoms with Crippen molar-refractivity contribution in [1.29, 1.82) is 0 Å². The first-order valence-electron chi connectivity index (χ1n) is 6.06. The summed E-state index contributed by atoms with van der Waals surface area (Å²) >= 11 is 0. The highest BCUT2D eigenvalue weighted by Crippen LogP contribution is 2.14. The van der Waals surface area contributed by atoms with Gasteiger partial charge >= 0.3 is 6.03 Å². The van der Waals surface area contributed by atoms with Crippen molar-refractivity contribution >= 4 is 11.7 Å². The van der Waals surface area contributed by atoms with Crippen LogP contribution in [0.4, 0.5) is 10.5 Å². The number of ether oxygens (including phenoxy) is 1. The number of methoxy groups -OCH3 is 1. The summed E-state index contributed by atoms with van der Waals surface area (Å²) in [5.41, 5.74) is 6.36. The van der Waals surface area contributed by atoms with E-state index >= 15 is 0 Å². The van der Waals surface area contributed by atoms with Crippen molar-refractivity contribution < 1.29 is 9.53 Å². The largest absolute Gasteiger partial charge is 0.497 e. The highest BCUT2D eigenvalue weighted by Gasteiger charge is 2.01. The number of urea groups is 1. The number of hydrogen-bond acceptors (Lipinski definition) is 3. The number of hydrogen-bond donors (Lipinski definition) is 3. The molecule has 0 heterocycles. The van der Waals surface area contributed by atoms with Crippen LogP contribution < -0.4 is 21.1 Å². The van der Waals surface area contributed by atoms with Crippen LogP contribution in [0, 0.1) is 0 Å². The molecule has 100 valence electrons. The van der Waals surface area contributed by atoms with Crippen molar-refractivity contribution in [3.05, 3.63) is 24.3 Å². The highest BCUT2D eigenvalue weighted by molar-refractivity contribution is 5.89. The third kappa shape index (κ3) is 5.54. The Hall–Kier alpha value is -1.75. The SMILES string of the molecule is COc1ccc(NC(=O)NCCCC(C)N)cc1. The average Bonchev–Trinajstić information content (AvgIpc) is 2.35. The molecule has 0 radical (unpaired) electrons. The van der Waals surface area contributed by atoms with Crippen molar-refractivity contribution in [2.75, 3.05) is 19.0 Å². The first-order chi connectivity index (χ1) is 8.61. The molecule has 5 heteroatoms. The maximum Gasteiger partial charge on any atom is 0.319 e. The molecule has 5 nitrogen and oxygen atoms in total. The minimum absolute atomic E-state index is 0.177. The standard InChI is InChI=1S/C13H21N3O2/c1-10(14)4-3-9-15-13(17)16-11-5-7-12(18-2)8-6-11/h5-8,10H,3-4,9,14H2,1-2H3,(H2,15,16,17). The van der Waals surface area contributed by atoms with E-state index in [2.05, 4.69) is 10.6 Å². The molecule has 4 N–H and O–H groups in total. The molecule has 1 aromatic carbocycles. The second-order valence-corrected chi connectivity index (χ2v) is 4.23. The lowest BCUT2D eigenvalue weighted by Crippen LogP contribution is -2.30. The zero-order chi connectivity index (χ0) is 13.4. The molecule has 2 amide bonds. The lowest BCUT2D eigenvalue weighted by atomic mass is 10.2. The predicted molar refractivity (Wildman–Crippen MR) is 72.9 cm³/mol. The second-order valence-electron chi connectivity index (χ2n) is 4.23. The molecule has 18 heavy (non-hydrogen) atoms. The minimum atomic E-state index is -0.204. The van der Waals surface area contributed by atoms with E-state index in [0.717, 1.165) is 24.3 Å². The summed E-state index contributed by atoms with van der Waals surface area (Å²) < 4.78 is 5.04. The number of anilines is 1. The summed E-state index contributed by atoms with van der Waals surface area (Å²) in [6, 6.07) is 7.15. The number of nitrogens with one attached hydrogen (secondary N) is 2. The van der Waals surface area contributed by atoms with Gasteiger partial charge in [0.25, 0.3) is 0 Å². The van der Waals surface area contributed by atoms with Crippen LogP contribution in [0.1, 0.15) is 19.8 Å². The number of carbonyl (C=O) groups is 1. The Bertz CT molecular complexity index is 363. The van der Waals surface area contributed by atoms with E-state index in [0.29, 0.717) is 6.54 Å². The topological polar surface area (TPSA) is 76.4 Å². The van der Waals surface area contributed by atoms with Crippen molar-refractivity contribution in [1.82, 2.24) is 5.32 Å². The van der Waals surface area contributed by atoms with Gasteiger partial charge in [-0.1, -0.05) is 0 Å². The van der Waals surface area contributed by atoms with Gasteiger partial charge in [0.1, 0.15) is 5.75 Å². The monoisotopic (exact) mass is 251 g/mol. The Kier molecular flexibility index (Phi) is 6.00. The number of benzene rings is 1. The molecule has 0 aromatic heterocycles. The number of nitrogens with two attached hydrogens (primary N) is 1. The van der Waals surface area contributed by atoms with Crippen molar-refractivity contribution in [3.63, 3.8) is 0 Å². The van der Waals surface area contributed by atoms with Gasteiger partial charge in [-0.15, -0.1) is 0 Å². The Balaban J connectivity index is 2.26. The van der Waals surface area contributed by atoms with E-state index < -0.39 is 0 Å². The molecule has 0 saturated carbocycles. The normalized spacial score (nSPS) is 11.7. The Labute approximate surface area is 108 Å². The summed E-state index contributed by atoms with van der Waals surface area (Å²) in [5.74, 6) is 0.762. The van der Waals surface area contributed by atoms with E-state index in [1.165, 1.54) is 0 Å². The van der Waals surface area contributed by atoms with Gasteiger partial charge in [-0.05, 0) is 44.0 Å². The van der Waals surface area contributed by atoms with Gasteiger partial charge in [0, 0.05) is 18.3 Å². The molecule has 0 spiro atoms. The van der Waals surface area contributed by atoms with Crippen LogP contribution in [0.15, 0.2) is 24.3 Å². The fourth-order valence-corrected chi connectivity index (χ4v) is 1.48. The van der Waals surface area contributed by atoms with E-state index in [1.54, 1.807) is 31.4 Å². The first-order valence-corrected chi connectivity index (χ1v) is 6.06. The van der Waals surface area contributed by atoms with Gasteiger partial charge < -0.3 is 21.1 Å². The highest BCUT2D eigenvalue weighted by atomic mass is 16.5. The Morgan fingerprint density at radius 2 is 2.06 bits per heavy atom. The van der Waals surface area contributed by atoms with Crippen molar-refractivity contribution in [2.24, 2.45) is 5.73 Å². The van der Waals surface area contributed by atoms with Gasteiger partial charge in [-0.25, -0.2) is 4.79 Å². The number of carbonyl (C=O) groups excluding carboxylic acids is 1. The molecule has 0 fully saturated rings. The van der Waals surface area contributed by atoms with Gasteiger partial charge in [0.2, 0.25) is 0 Å². The van der Waals surface area contributed by atoms with Crippen LogP contribution in [-0.2, 0) is 0 Å². The van der Waals surface area contributed by atoms with Gasteiger partial charge in [0.15, 0.2) is 0 Å². The maximum absolute atomic E-state index is 11.5. The zero-order valence-corrected chi connectivity index (χ0v) is 10.9. The molecule has 0 bridgehead atoms. The van der Waals surface area contributed by atoms with E-state index in [-0.39, 0.29) is 12.1 Å². The molecule has 0 aliphatic rings. The number of amides is 2. The van der Waals surface area contributed by atoms with Crippen LogP contribution in [0.3, 0.4) is 0 Å². The molecule has 0 saturated heterocycles. The average molecular weight is 251 g/mol. The molecule has 1 aromatic rings. The molecule has 1 rings (SSSR count). The molecule has 1 unspecified atom stereocenters. The van der Waals surface area contributed by atoms with Gasteiger partial charge in [0.05, 0.1) is 7.11 Å². The second kappa shape index (κ2) is 7.55. The van der Waals surface area contributed by atoms with Crippen LogP contribution in [0.5, 0.6) is 5.75 Å². The lowest BCUT2D eigenvalue weighted by Gasteiger charge is -2.09. The summed E-state index contributed by atoms with van der Waals surface area (Å²) in [4.78, 5) is 11.5. The van der Waals surface area contributed by atoms with Crippen molar-refractivity contribution in [2.45, 2.75) is 25.8 Å². The third-order valence-corrected chi connectivity index (χ3v) is 2.47. The first kappa shape index (κ1) is 14.3. The number of rotatable bonds is 6. The molecule has 0 aliphatic carbocycles. The van der Waals surface area contributed by atoms with Crippen LogP contribution in [0.2, 0.25) is 0 Å². The van der Waals surface area contributed by atoms with E-state index in [9.17, 15) is 4.79 Å². The zero-order valence-electron chi connectivity index (χ0n) is 10.9. The smallest absolute Gasteiger partial charge is 0.319 e. The fourth-order valence-electron chi connectivity index (χ4n) is 1.48. The maximum atomic E-state index is 11.5. The van der Waals surface area contributed by atoms with Crippen LogP contribution in [-0.4, -0.2) is 25.7 Å². The van der Waals surface area contributed by atoms with E-state index in [4.69, 9.17) is 10.5 Å². The minimum Gasteiger partial charge on any atom is -0.497 e. The molecular formula is C13H21N3O2. The van der Waals surface area contributed by atoms with Crippen LogP contribution >= 0.6 is 0 Å². The molecule has 0 aliphatic heterocycles. The van der Waals surface area contributed by atoms with E-state index in [1.807, 2.05) is 6.92 Å². The lowest BCUT2D eigenvalue weighted by molar-refractivity contribution is 0.252. The summed E-state index contributed by atoms with van der Waals surface area (Å²) in [7, 11) is 1.60. The summed E-state index contributed by atoms with van der Waals surface area (Å²) in [6.45, 7) is 2.58. The third-order valence-electron chi connectivity index (χ3n) is 2.47. The van der Waals surface area contributed by atoms with Crippen molar-refractivity contribution in [3.8, 4) is 5.75 Å². The molecular weight excluding hydrogens is 230 g/mol.